The van der Waals surface area contributed by atoms with Gasteiger partial charge in [0.25, 0.3) is 5.91 Å². The van der Waals surface area contributed by atoms with Crippen molar-refractivity contribution in [2.75, 3.05) is 16.3 Å². The van der Waals surface area contributed by atoms with Crippen molar-refractivity contribution >= 4 is 27.3 Å². The van der Waals surface area contributed by atoms with Crippen LogP contribution >= 0.6 is 0 Å². The number of hydrogen-bond donors (Lipinski definition) is 2. The van der Waals surface area contributed by atoms with E-state index in [1.54, 1.807) is 0 Å². The number of sulfonamides is 1. The molecule has 0 aliphatic rings. The first-order valence-corrected chi connectivity index (χ1v) is 9.65. The van der Waals surface area contributed by atoms with E-state index in [0.29, 0.717) is 17.7 Å². The van der Waals surface area contributed by atoms with Gasteiger partial charge in [0.05, 0.1) is 23.1 Å². The summed E-state index contributed by atoms with van der Waals surface area (Å²) in [4.78, 5) is 12.2. The number of carbonyl (C=O) groups is 1. The maximum absolute atomic E-state index is 12.9. The Hall–Kier alpha value is -2.76. The normalized spacial score (nSPS) is 12.6. The molecule has 0 fully saturated rings. The lowest BCUT2D eigenvalue weighted by atomic mass is 10.0. The number of benzene rings is 2. The Labute approximate surface area is 161 Å². The van der Waals surface area contributed by atoms with E-state index in [0.717, 1.165) is 6.26 Å². The average molecular weight is 440 g/mol. The molecule has 0 spiro atoms. The van der Waals surface area contributed by atoms with Gasteiger partial charge in [-0.2, -0.15) is 26.3 Å². The third-order valence-electron chi connectivity index (χ3n) is 3.63. The van der Waals surface area contributed by atoms with Crippen LogP contribution in [0.5, 0.6) is 0 Å². The summed E-state index contributed by atoms with van der Waals surface area (Å²) in [5.41, 5.74) is -3.43. The predicted molar refractivity (Wildman–Crippen MR) is 94.0 cm³/mol. The SMILES string of the molecule is Cc1cc(NC(=O)c2cc(C(F)(F)F)cc(C(F)(F)F)c2)ccc1NS(C)(=O)=O. The van der Waals surface area contributed by atoms with Crippen LogP contribution in [-0.4, -0.2) is 20.6 Å². The van der Waals surface area contributed by atoms with Crippen LogP contribution in [-0.2, 0) is 22.4 Å². The van der Waals surface area contributed by atoms with Crippen LogP contribution in [0.25, 0.3) is 0 Å². The molecule has 0 aromatic heterocycles. The Kier molecular flexibility index (Phi) is 5.89. The predicted octanol–water partition coefficient (Wildman–Crippen LogP) is 4.66. The highest BCUT2D eigenvalue weighted by molar-refractivity contribution is 7.92. The number of carbonyl (C=O) groups excluding carboxylic acids is 1. The van der Waals surface area contributed by atoms with E-state index in [2.05, 4.69) is 10.0 Å². The summed E-state index contributed by atoms with van der Waals surface area (Å²) in [5.74, 6) is -1.19. The van der Waals surface area contributed by atoms with Crippen LogP contribution in [0.1, 0.15) is 27.0 Å². The van der Waals surface area contributed by atoms with Gasteiger partial charge in [-0.05, 0) is 48.9 Å². The molecule has 5 nitrogen and oxygen atoms in total. The number of aryl methyl sites for hydroxylation is 1. The molecule has 1 amide bonds. The van der Waals surface area contributed by atoms with E-state index in [-0.39, 0.29) is 17.4 Å². The minimum absolute atomic E-state index is 0.0533. The third-order valence-corrected chi connectivity index (χ3v) is 4.22. The van der Waals surface area contributed by atoms with Gasteiger partial charge in [-0.3, -0.25) is 9.52 Å². The van der Waals surface area contributed by atoms with Gasteiger partial charge in [0.1, 0.15) is 0 Å². The second-order valence-electron chi connectivity index (χ2n) is 6.15. The zero-order valence-electron chi connectivity index (χ0n) is 14.9. The van der Waals surface area contributed by atoms with Gasteiger partial charge in [0, 0.05) is 11.3 Å². The lowest BCUT2D eigenvalue weighted by molar-refractivity contribution is -0.143. The molecule has 0 radical (unpaired) electrons. The molecule has 0 atom stereocenters. The molecule has 2 N–H and O–H groups in total. The Balaban J connectivity index is 2.36. The van der Waals surface area contributed by atoms with E-state index in [9.17, 15) is 39.6 Å². The summed E-state index contributed by atoms with van der Waals surface area (Å²) in [6.07, 6.45) is -9.23. The molecule has 0 unspecified atom stereocenters. The monoisotopic (exact) mass is 440 g/mol. The highest BCUT2D eigenvalue weighted by atomic mass is 32.2. The first kappa shape index (κ1) is 22.5. The number of amides is 1. The molecule has 0 saturated heterocycles. The average Bonchev–Trinajstić information content (AvgIpc) is 2.54. The molecule has 12 heteroatoms. The molecule has 2 rings (SSSR count). The van der Waals surface area contributed by atoms with E-state index in [4.69, 9.17) is 0 Å². The van der Waals surface area contributed by atoms with Crippen molar-refractivity contribution in [3.8, 4) is 0 Å². The summed E-state index contributed by atoms with van der Waals surface area (Å²) < 4.78 is 102. The zero-order chi connectivity index (χ0) is 22.2. The second-order valence-corrected chi connectivity index (χ2v) is 7.90. The molecular formula is C17H14F6N2O3S. The largest absolute Gasteiger partial charge is 0.416 e. The van der Waals surface area contributed by atoms with Crippen LogP contribution in [0.2, 0.25) is 0 Å². The maximum atomic E-state index is 12.9. The van der Waals surface area contributed by atoms with E-state index >= 15 is 0 Å². The van der Waals surface area contributed by atoms with E-state index in [1.807, 2.05) is 0 Å². The number of anilines is 2. The van der Waals surface area contributed by atoms with Gasteiger partial charge in [0.2, 0.25) is 10.0 Å². The molecule has 0 saturated carbocycles. The van der Waals surface area contributed by atoms with Gasteiger partial charge in [0.15, 0.2) is 0 Å². The van der Waals surface area contributed by atoms with Gasteiger partial charge >= 0.3 is 12.4 Å². The topological polar surface area (TPSA) is 75.3 Å². The van der Waals surface area contributed by atoms with Crippen LogP contribution in [0.3, 0.4) is 0 Å². The van der Waals surface area contributed by atoms with Crippen molar-refractivity contribution in [2.45, 2.75) is 19.3 Å². The van der Waals surface area contributed by atoms with Crippen molar-refractivity contribution < 1.29 is 39.6 Å². The second kappa shape index (κ2) is 7.58. The molecule has 0 heterocycles. The minimum atomic E-state index is -5.08. The van der Waals surface area contributed by atoms with Crippen LogP contribution in [0.4, 0.5) is 37.7 Å². The first-order chi connectivity index (χ1) is 13.1. The van der Waals surface area contributed by atoms with Gasteiger partial charge in [-0.25, -0.2) is 8.42 Å². The lowest BCUT2D eigenvalue weighted by Crippen LogP contribution is -2.17. The van der Waals surface area contributed by atoms with Gasteiger partial charge in [-0.15, -0.1) is 0 Å². The van der Waals surface area contributed by atoms with Crippen molar-refractivity contribution in [1.29, 1.82) is 0 Å². The van der Waals surface area contributed by atoms with E-state index < -0.39 is 45.0 Å². The Morgan fingerprint density at radius 2 is 1.41 bits per heavy atom. The number of rotatable bonds is 4. The van der Waals surface area contributed by atoms with Crippen LogP contribution < -0.4 is 10.0 Å². The molecule has 2 aromatic rings. The molecule has 158 valence electrons. The minimum Gasteiger partial charge on any atom is -0.322 e. The Morgan fingerprint density at radius 3 is 1.83 bits per heavy atom. The highest BCUT2D eigenvalue weighted by Gasteiger charge is 2.37. The third kappa shape index (κ3) is 6.11. The fraction of sp³-hybridized carbons (Fsp3) is 0.235. The molecular weight excluding hydrogens is 426 g/mol. The lowest BCUT2D eigenvalue weighted by Gasteiger charge is -2.15. The van der Waals surface area contributed by atoms with Crippen molar-refractivity contribution in [1.82, 2.24) is 0 Å². The maximum Gasteiger partial charge on any atom is 0.416 e. The smallest absolute Gasteiger partial charge is 0.322 e. The summed E-state index contributed by atoms with van der Waals surface area (Å²) >= 11 is 0. The van der Waals surface area contributed by atoms with Crippen molar-refractivity contribution in [3.05, 3.63) is 58.7 Å². The summed E-state index contributed by atoms with van der Waals surface area (Å²) in [6.45, 7) is 1.50. The van der Waals surface area contributed by atoms with Crippen molar-refractivity contribution in [3.63, 3.8) is 0 Å². The first-order valence-electron chi connectivity index (χ1n) is 7.75. The standard InChI is InChI=1S/C17H14F6N2O3S/c1-9-5-13(3-4-14(9)25-29(2,27)28)24-15(26)10-6-11(16(18,19)20)8-12(7-10)17(21,22)23/h3-8,25H,1-2H3,(H,24,26). The van der Waals surface area contributed by atoms with Crippen LogP contribution in [0, 0.1) is 6.92 Å². The van der Waals surface area contributed by atoms with Gasteiger partial charge in [-0.1, -0.05) is 0 Å². The Bertz CT molecular complexity index is 1010. The summed E-state index contributed by atoms with van der Waals surface area (Å²) in [5, 5.41) is 2.20. The summed E-state index contributed by atoms with van der Waals surface area (Å²) in [6, 6.07) is 4.40. The zero-order valence-corrected chi connectivity index (χ0v) is 15.7. The number of halogens is 6. The van der Waals surface area contributed by atoms with Crippen molar-refractivity contribution in [2.24, 2.45) is 0 Å². The highest BCUT2D eigenvalue weighted by Crippen LogP contribution is 2.36. The number of nitrogens with one attached hydrogen (secondary N) is 2. The molecule has 0 aliphatic heterocycles. The van der Waals surface area contributed by atoms with Gasteiger partial charge < -0.3 is 5.32 Å². The number of hydrogen-bond acceptors (Lipinski definition) is 3. The quantitative estimate of drug-likeness (QED) is 0.680. The number of alkyl halides is 6. The fourth-order valence-electron chi connectivity index (χ4n) is 2.34. The Morgan fingerprint density at radius 1 is 0.897 bits per heavy atom. The molecule has 0 aliphatic carbocycles. The molecule has 29 heavy (non-hydrogen) atoms. The fourth-order valence-corrected chi connectivity index (χ4v) is 2.97. The van der Waals surface area contributed by atoms with E-state index in [1.165, 1.54) is 25.1 Å². The van der Waals surface area contributed by atoms with Crippen LogP contribution in [0.15, 0.2) is 36.4 Å². The molecule has 2 aromatic carbocycles. The summed E-state index contributed by atoms with van der Waals surface area (Å²) in [7, 11) is -3.57. The molecule has 0 bridgehead atoms.